The summed E-state index contributed by atoms with van der Waals surface area (Å²) in [6, 6.07) is 1.72. The largest absolute Gasteiger partial charge is 0.493 e. The van der Waals surface area contributed by atoms with Crippen LogP contribution in [0.1, 0.15) is 11.7 Å². The van der Waals surface area contributed by atoms with Crippen LogP contribution in [0.2, 0.25) is 0 Å². The van der Waals surface area contributed by atoms with Gasteiger partial charge >= 0.3 is 0 Å². The molecule has 2 aliphatic heterocycles. The number of hydrogen-bond donors (Lipinski definition) is 1. The summed E-state index contributed by atoms with van der Waals surface area (Å²) in [6.45, 7) is 2.04. The molecule has 1 unspecified atom stereocenters. The highest BCUT2D eigenvalue weighted by Gasteiger charge is 2.29. The monoisotopic (exact) mass is 255 g/mol. The van der Waals surface area contributed by atoms with Crippen LogP contribution in [0.5, 0.6) is 17.2 Å². The molecular weight excluding hydrogens is 241 g/mol. The quantitative estimate of drug-likeness (QED) is 0.861. The van der Waals surface area contributed by atoms with Gasteiger partial charge in [-0.3, -0.25) is 0 Å². The van der Waals surface area contributed by atoms with Crippen molar-refractivity contribution in [2.75, 3.05) is 33.6 Å². The smallest absolute Gasteiger partial charge is 0.231 e. The number of benzene rings is 1. The zero-order valence-electron chi connectivity index (χ0n) is 9.99. The molecule has 1 aromatic rings. The molecule has 0 aromatic heterocycles. The third-order valence-electron chi connectivity index (χ3n) is 3.07. The van der Waals surface area contributed by atoms with E-state index >= 15 is 0 Å². The van der Waals surface area contributed by atoms with Crippen molar-refractivity contribution < 1.29 is 23.3 Å². The molecule has 1 fully saturated rings. The lowest BCUT2D eigenvalue weighted by atomic mass is 10.1. The molecule has 1 saturated heterocycles. The first kappa shape index (κ1) is 11.6. The average Bonchev–Trinajstić information content (AvgIpc) is 2.88. The van der Waals surface area contributed by atoms with E-state index < -0.39 is 5.82 Å². The van der Waals surface area contributed by atoms with E-state index in [2.05, 4.69) is 5.32 Å². The van der Waals surface area contributed by atoms with Gasteiger partial charge in [0.2, 0.25) is 18.4 Å². The highest BCUT2D eigenvalue weighted by atomic mass is 19.1. The predicted octanol–water partition coefficient (Wildman–Crippen LogP) is 1.22. The molecule has 1 N–H and O–H groups in total. The SMILES string of the molecule is COc1c(C2CNCCO2)cc2c(c1F)OCO2. The molecule has 0 amide bonds. The van der Waals surface area contributed by atoms with Crippen LogP contribution < -0.4 is 19.5 Å². The molecule has 0 spiro atoms. The Hall–Kier alpha value is -1.53. The molecule has 1 aromatic carbocycles. The van der Waals surface area contributed by atoms with Crippen LogP contribution in [-0.4, -0.2) is 33.6 Å². The molecular formula is C12H14FNO4. The molecule has 5 nitrogen and oxygen atoms in total. The van der Waals surface area contributed by atoms with Crippen LogP contribution in [0, 0.1) is 5.82 Å². The van der Waals surface area contributed by atoms with Gasteiger partial charge < -0.3 is 24.3 Å². The molecule has 0 saturated carbocycles. The third kappa shape index (κ3) is 1.77. The zero-order chi connectivity index (χ0) is 12.5. The molecule has 6 heteroatoms. The van der Waals surface area contributed by atoms with E-state index in [1.807, 2.05) is 0 Å². The number of fused-ring (bicyclic) bond motifs is 1. The molecule has 0 aliphatic carbocycles. The van der Waals surface area contributed by atoms with Crippen molar-refractivity contribution in [1.82, 2.24) is 5.32 Å². The maximum absolute atomic E-state index is 14.2. The lowest BCUT2D eigenvalue weighted by molar-refractivity contribution is 0.0258. The fraction of sp³-hybridized carbons (Fsp3) is 0.500. The summed E-state index contributed by atoms with van der Waals surface area (Å²) in [5, 5.41) is 3.20. The fourth-order valence-corrected chi connectivity index (χ4v) is 2.22. The highest BCUT2D eigenvalue weighted by molar-refractivity contribution is 5.54. The Morgan fingerprint density at radius 2 is 2.33 bits per heavy atom. The van der Waals surface area contributed by atoms with E-state index in [1.165, 1.54) is 7.11 Å². The zero-order valence-corrected chi connectivity index (χ0v) is 9.99. The Balaban J connectivity index is 2.04. The normalized spacial score (nSPS) is 22.0. The number of ether oxygens (including phenoxy) is 4. The summed E-state index contributed by atoms with van der Waals surface area (Å²) in [4.78, 5) is 0. The van der Waals surface area contributed by atoms with Gasteiger partial charge in [-0.15, -0.1) is 0 Å². The first-order valence-corrected chi connectivity index (χ1v) is 5.79. The number of nitrogens with one attached hydrogen (secondary N) is 1. The Morgan fingerprint density at radius 1 is 1.44 bits per heavy atom. The molecule has 2 heterocycles. The number of halogens is 1. The lowest BCUT2D eigenvalue weighted by Crippen LogP contribution is -2.33. The number of hydrogen-bond acceptors (Lipinski definition) is 5. The van der Waals surface area contributed by atoms with Crippen molar-refractivity contribution in [1.29, 1.82) is 0 Å². The maximum Gasteiger partial charge on any atom is 0.231 e. The van der Waals surface area contributed by atoms with Crippen LogP contribution in [0.25, 0.3) is 0 Å². The standard InChI is InChI=1S/C12H14FNO4/c1-15-11-7(9-5-14-2-3-16-9)4-8-12(10(11)13)18-6-17-8/h4,9,14H,2-3,5-6H2,1H3. The van der Waals surface area contributed by atoms with E-state index in [1.54, 1.807) is 6.07 Å². The van der Waals surface area contributed by atoms with E-state index in [0.29, 0.717) is 24.5 Å². The Labute approximate surface area is 104 Å². The fourth-order valence-electron chi connectivity index (χ4n) is 2.22. The Bertz CT molecular complexity index is 460. The summed E-state index contributed by atoms with van der Waals surface area (Å²) < 4.78 is 35.2. The van der Waals surface area contributed by atoms with Gasteiger partial charge in [-0.25, -0.2) is 0 Å². The van der Waals surface area contributed by atoms with Crippen LogP contribution in [0.3, 0.4) is 0 Å². The van der Waals surface area contributed by atoms with E-state index in [9.17, 15) is 4.39 Å². The molecule has 98 valence electrons. The average molecular weight is 255 g/mol. The molecule has 2 aliphatic rings. The summed E-state index contributed by atoms with van der Waals surface area (Å²) in [7, 11) is 1.43. The third-order valence-corrected chi connectivity index (χ3v) is 3.07. The van der Waals surface area contributed by atoms with Crippen molar-refractivity contribution in [3.63, 3.8) is 0 Å². The van der Waals surface area contributed by atoms with E-state index in [-0.39, 0.29) is 24.4 Å². The van der Waals surface area contributed by atoms with Crippen molar-refractivity contribution in [3.8, 4) is 17.2 Å². The van der Waals surface area contributed by atoms with Crippen molar-refractivity contribution in [3.05, 3.63) is 17.4 Å². The summed E-state index contributed by atoms with van der Waals surface area (Å²) >= 11 is 0. The van der Waals surface area contributed by atoms with Gasteiger partial charge in [0, 0.05) is 18.7 Å². The second-order valence-corrected chi connectivity index (χ2v) is 4.11. The summed E-state index contributed by atoms with van der Waals surface area (Å²) in [6.07, 6.45) is -0.238. The van der Waals surface area contributed by atoms with E-state index in [0.717, 1.165) is 6.54 Å². The Kier molecular flexibility index (Phi) is 2.97. The summed E-state index contributed by atoms with van der Waals surface area (Å²) in [5.74, 6) is 0.140. The van der Waals surface area contributed by atoms with Crippen LogP contribution in [0.15, 0.2) is 6.07 Å². The molecule has 1 atom stereocenters. The predicted molar refractivity (Wildman–Crippen MR) is 60.6 cm³/mol. The second-order valence-electron chi connectivity index (χ2n) is 4.11. The van der Waals surface area contributed by atoms with Gasteiger partial charge in [0.1, 0.15) is 0 Å². The summed E-state index contributed by atoms with van der Waals surface area (Å²) in [5.41, 5.74) is 0.645. The highest BCUT2D eigenvalue weighted by Crippen LogP contribution is 2.44. The van der Waals surface area contributed by atoms with Gasteiger partial charge in [0.05, 0.1) is 19.8 Å². The van der Waals surface area contributed by atoms with Crippen molar-refractivity contribution in [2.24, 2.45) is 0 Å². The van der Waals surface area contributed by atoms with Gasteiger partial charge in [-0.05, 0) is 6.07 Å². The minimum atomic E-state index is -0.531. The van der Waals surface area contributed by atoms with Gasteiger partial charge in [0.15, 0.2) is 11.5 Å². The first-order chi connectivity index (χ1) is 8.81. The lowest BCUT2D eigenvalue weighted by Gasteiger charge is -2.25. The Morgan fingerprint density at radius 3 is 3.06 bits per heavy atom. The molecule has 0 bridgehead atoms. The molecule has 0 radical (unpaired) electrons. The number of methoxy groups -OCH3 is 1. The minimum absolute atomic E-state index is 0.0304. The van der Waals surface area contributed by atoms with Crippen LogP contribution in [0.4, 0.5) is 4.39 Å². The number of rotatable bonds is 2. The molecule has 18 heavy (non-hydrogen) atoms. The van der Waals surface area contributed by atoms with Gasteiger partial charge in [-0.1, -0.05) is 0 Å². The number of morpholine rings is 1. The topological polar surface area (TPSA) is 49.0 Å². The van der Waals surface area contributed by atoms with Crippen molar-refractivity contribution in [2.45, 2.75) is 6.10 Å². The second kappa shape index (κ2) is 4.62. The van der Waals surface area contributed by atoms with Gasteiger partial charge in [0.25, 0.3) is 0 Å². The minimum Gasteiger partial charge on any atom is -0.493 e. The van der Waals surface area contributed by atoms with Crippen molar-refractivity contribution >= 4 is 0 Å². The van der Waals surface area contributed by atoms with Crippen LogP contribution in [-0.2, 0) is 4.74 Å². The van der Waals surface area contributed by atoms with Crippen LogP contribution >= 0.6 is 0 Å². The maximum atomic E-state index is 14.2. The first-order valence-electron chi connectivity index (χ1n) is 5.79. The molecule has 3 rings (SSSR count). The van der Waals surface area contributed by atoms with E-state index in [4.69, 9.17) is 18.9 Å². The van der Waals surface area contributed by atoms with Gasteiger partial charge in [-0.2, -0.15) is 4.39 Å².